The Balaban J connectivity index is 1.70. The van der Waals surface area contributed by atoms with Crippen molar-refractivity contribution in [2.24, 2.45) is 0 Å². The average molecular weight is 392 g/mol. The van der Waals surface area contributed by atoms with Gasteiger partial charge in [0, 0.05) is 37.0 Å². The van der Waals surface area contributed by atoms with Crippen molar-refractivity contribution in [3.05, 3.63) is 56.5 Å². The summed E-state index contributed by atoms with van der Waals surface area (Å²) >= 11 is 5.99. The molecule has 0 atom stereocenters. The maximum atomic E-state index is 12.3. The smallest absolute Gasteiger partial charge is 0.270 e. The van der Waals surface area contributed by atoms with Crippen LogP contribution in [0.5, 0.6) is 0 Å². The van der Waals surface area contributed by atoms with Crippen LogP contribution in [0.2, 0.25) is 5.02 Å². The van der Waals surface area contributed by atoms with E-state index >= 15 is 0 Å². The molecule has 142 valence electrons. The number of non-ortho nitro benzene ring substituents is 1. The van der Waals surface area contributed by atoms with Crippen LogP contribution in [0.25, 0.3) is 0 Å². The van der Waals surface area contributed by atoms with E-state index in [1.54, 1.807) is 0 Å². The van der Waals surface area contributed by atoms with Gasteiger partial charge in [0.05, 0.1) is 35.3 Å². The van der Waals surface area contributed by atoms with Crippen LogP contribution in [-0.4, -0.2) is 47.1 Å². The van der Waals surface area contributed by atoms with Gasteiger partial charge in [0.2, 0.25) is 0 Å². The van der Waals surface area contributed by atoms with Crippen molar-refractivity contribution in [1.82, 2.24) is 15.3 Å². The molecule has 0 spiro atoms. The Bertz CT molecular complexity index is 870. The molecule has 1 fully saturated rings. The Morgan fingerprint density at radius 1 is 1.33 bits per heavy atom. The molecule has 10 heteroatoms. The van der Waals surface area contributed by atoms with Gasteiger partial charge in [0.1, 0.15) is 11.6 Å². The largest absolute Gasteiger partial charge is 0.378 e. The second-order valence-electron chi connectivity index (χ2n) is 5.99. The molecule has 1 aromatic heterocycles. The minimum absolute atomic E-state index is 0.0147. The van der Waals surface area contributed by atoms with Crippen LogP contribution in [-0.2, 0) is 11.3 Å². The van der Waals surface area contributed by atoms with E-state index in [0.717, 1.165) is 30.7 Å². The number of rotatable bonds is 5. The molecule has 0 bridgehead atoms. The predicted molar refractivity (Wildman–Crippen MR) is 99.1 cm³/mol. The monoisotopic (exact) mass is 391 g/mol. The van der Waals surface area contributed by atoms with Crippen LogP contribution in [0.1, 0.15) is 21.9 Å². The Morgan fingerprint density at radius 2 is 2.07 bits per heavy atom. The number of nitro groups is 1. The van der Waals surface area contributed by atoms with Crippen molar-refractivity contribution < 1.29 is 14.5 Å². The number of anilines is 1. The summed E-state index contributed by atoms with van der Waals surface area (Å²) in [6.07, 6.45) is 0. The number of benzene rings is 1. The van der Waals surface area contributed by atoms with E-state index in [0.29, 0.717) is 19.0 Å². The van der Waals surface area contributed by atoms with Crippen LogP contribution < -0.4 is 10.2 Å². The lowest BCUT2D eigenvalue weighted by Crippen LogP contribution is -2.37. The van der Waals surface area contributed by atoms with Crippen molar-refractivity contribution in [3.8, 4) is 0 Å². The number of nitrogens with zero attached hydrogens (tertiary/aromatic N) is 4. The predicted octanol–water partition coefficient (Wildman–Crippen LogP) is 2.11. The molecule has 0 radical (unpaired) electrons. The lowest BCUT2D eigenvalue weighted by molar-refractivity contribution is -0.384. The zero-order chi connectivity index (χ0) is 19.4. The van der Waals surface area contributed by atoms with Gasteiger partial charge in [-0.15, -0.1) is 0 Å². The summed E-state index contributed by atoms with van der Waals surface area (Å²) in [5.41, 5.74) is 0.779. The standard InChI is InChI=1S/C17H18ClN5O4/c1-11-8-16(22-4-6-27-7-5-22)21-15(20-11)10-19-17(24)13-3-2-12(23(25)26)9-14(13)18/h2-3,8-9H,4-7,10H2,1H3,(H,19,24). The third-order valence-corrected chi connectivity index (χ3v) is 4.35. The highest BCUT2D eigenvalue weighted by Gasteiger charge is 2.17. The molecule has 3 rings (SSSR count). The first-order valence-corrected chi connectivity index (χ1v) is 8.71. The molecule has 1 amide bonds. The van der Waals surface area contributed by atoms with Gasteiger partial charge >= 0.3 is 0 Å². The average Bonchev–Trinajstić information content (AvgIpc) is 2.66. The fourth-order valence-corrected chi connectivity index (χ4v) is 2.96. The number of halogens is 1. The number of ether oxygens (including phenoxy) is 1. The molecule has 9 nitrogen and oxygen atoms in total. The number of nitro benzene ring substituents is 1. The van der Waals surface area contributed by atoms with Crippen LogP contribution in [0, 0.1) is 17.0 Å². The molecule has 2 aromatic rings. The molecule has 0 unspecified atom stereocenters. The summed E-state index contributed by atoms with van der Waals surface area (Å²) in [6, 6.07) is 5.60. The van der Waals surface area contributed by atoms with E-state index in [9.17, 15) is 14.9 Å². The topological polar surface area (TPSA) is 110 Å². The Morgan fingerprint density at radius 3 is 2.74 bits per heavy atom. The number of carbonyl (C=O) groups excluding carboxylic acids is 1. The lowest BCUT2D eigenvalue weighted by Gasteiger charge is -2.28. The number of aromatic nitrogens is 2. The first kappa shape index (κ1) is 19.0. The number of morpholine rings is 1. The van der Waals surface area contributed by atoms with E-state index < -0.39 is 10.8 Å². The van der Waals surface area contributed by atoms with E-state index in [1.807, 2.05) is 13.0 Å². The number of carbonyl (C=O) groups is 1. The second kappa shape index (κ2) is 8.28. The lowest BCUT2D eigenvalue weighted by atomic mass is 10.2. The highest BCUT2D eigenvalue weighted by Crippen LogP contribution is 2.22. The normalized spacial score (nSPS) is 14.1. The van der Waals surface area contributed by atoms with Crippen molar-refractivity contribution in [3.63, 3.8) is 0 Å². The maximum absolute atomic E-state index is 12.3. The van der Waals surface area contributed by atoms with E-state index in [4.69, 9.17) is 16.3 Å². The molecule has 27 heavy (non-hydrogen) atoms. The third kappa shape index (κ3) is 4.69. The van der Waals surface area contributed by atoms with Crippen molar-refractivity contribution in [2.75, 3.05) is 31.2 Å². The minimum Gasteiger partial charge on any atom is -0.378 e. The van der Waals surface area contributed by atoms with E-state index in [1.165, 1.54) is 12.1 Å². The van der Waals surface area contributed by atoms with Crippen molar-refractivity contribution in [2.45, 2.75) is 13.5 Å². The molecule has 1 aromatic carbocycles. The molecule has 2 heterocycles. The Labute approximate surface area is 160 Å². The Hall–Kier alpha value is -2.78. The number of amides is 1. The van der Waals surface area contributed by atoms with E-state index in [-0.39, 0.29) is 22.8 Å². The number of nitrogens with one attached hydrogen (secondary N) is 1. The number of hydrogen-bond acceptors (Lipinski definition) is 7. The quantitative estimate of drug-likeness (QED) is 0.613. The highest BCUT2D eigenvalue weighted by molar-refractivity contribution is 6.34. The second-order valence-corrected chi connectivity index (χ2v) is 6.39. The molecule has 0 aliphatic carbocycles. The van der Waals surface area contributed by atoms with Gasteiger partial charge in [0.25, 0.3) is 11.6 Å². The zero-order valence-corrected chi connectivity index (χ0v) is 15.4. The first-order chi connectivity index (χ1) is 12.9. The summed E-state index contributed by atoms with van der Waals surface area (Å²) in [7, 11) is 0. The number of hydrogen-bond donors (Lipinski definition) is 1. The molecule has 0 saturated carbocycles. The van der Waals surface area contributed by atoms with Gasteiger partial charge < -0.3 is 15.0 Å². The molecule has 1 aliphatic heterocycles. The minimum atomic E-state index is -0.568. The number of aryl methyl sites for hydroxylation is 1. The molecule has 1 saturated heterocycles. The summed E-state index contributed by atoms with van der Waals surface area (Å²) in [5.74, 6) is 0.819. The third-order valence-electron chi connectivity index (χ3n) is 4.04. The van der Waals surface area contributed by atoms with Gasteiger partial charge in [0.15, 0.2) is 0 Å². The zero-order valence-electron chi connectivity index (χ0n) is 14.6. The first-order valence-electron chi connectivity index (χ1n) is 8.33. The van der Waals surface area contributed by atoms with Gasteiger partial charge in [-0.05, 0) is 13.0 Å². The summed E-state index contributed by atoms with van der Waals surface area (Å²) < 4.78 is 5.35. The van der Waals surface area contributed by atoms with Crippen LogP contribution >= 0.6 is 11.6 Å². The van der Waals surface area contributed by atoms with Crippen LogP contribution in [0.3, 0.4) is 0 Å². The molecular formula is C17H18ClN5O4. The Kier molecular flexibility index (Phi) is 5.82. The summed E-state index contributed by atoms with van der Waals surface area (Å²) in [6.45, 7) is 4.78. The highest BCUT2D eigenvalue weighted by atomic mass is 35.5. The van der Waals surface area contributed by atoms with Crippen LogP contribution in [0.4, 0.5) is 11.5 Å². The van der Waals surface area contributed by atoms with Crippen LogP contribution in [0.15, 0.2) is 24.3 Å². The maximum Gasteiger partial charge on any atom is 0.270 e. The summed E-state index contributed by atoms with van der Waals surface area (Å²) in [4.78, 5) is 33.5. The SMILES string of the molecule is Cc1cc(N2CCOCC2)nc(CNC(=O)c2ccc([N+](=O)[O-])cc2Cl)n1. The van der Waals surface area contributed by atoms with Gasteiger partial charge in [-0.3, -0.25) is 14.9 Å². The summed E-state index contributed by atoms with van der Waals surface area (Å²) in [5, 5.41) is 13.5. The molecule has 1 aliphatic rings. The fraction of sp³-hybridized carbons (Fsp3) is 0.353. The van der Waals surface area contributed by atoms with Crippen molar-refractivity contribution in [1.29, 1.82) is 0 Å². The molecule has 1 N–H and O–H groups in total. The van der Waals surface area contributed by atoms with Gasteiger partial charge in [-0.2, -0.15) is 0 Å². The fourth-order valence-electron chi connectivity index (χ4n) is 2.70. The van der Waals surface area contributed by atoms with Gasteiger partial charge in [-0.25, -0.2) is 9.97 Å². The van der Waals surface area contributed by atoms with Crippen molar-refractivity contribution >= 4 is 29.0 Å². The van der Waals surface area contributed by atoms with E-state index in [2.05, 4.69) is 20.2 Å². The molecular weight excluding hydrogens is 374 g/mol. The van der Waals surface area contributed by atoms with Gasteiger partial charge in [-0.1, -0.05) is 11.6 Å².